The molecule has 0 radical (unpaired) electrons. The zero-order valence-corrected chi connectivity index (χ0v) is 10.9. The zero-order chi connectivity index (χ0) is 12.5. The lowest BCUT2D eigenvalue weighted by molar-refractivity contribution is 0.0936. The van der Waals surface area contributed by atoms with Crippen LogP contribution in [0.25, 0.3) is 0 Å². The van der Waals surface area contributed by atoms with Crippen LogP contribution in [0.4, 0.5) is 5.13 Å². The molecule has 1 aromatic heterocycles. The summed E-state index contributed by atoms with van der Waals surface area (Å²) < 4.78 is 5.38. The summed E-state index contributed by atoms with van der Waals surface area (Å²) in [5, 5.41) is 4.84. The molecule has 1 heterocycles. The molecule has 1 rings (SSSR count). The van der Waals surface area contributed by atoms with Gasteiger partial charge in [0.05, 0.1) is 0 Å². The predicted molar refractivity (Wildman–Crippen MR) is 69.2 cm³/mol. The molecule has 0 saturated heterocycles. The molecule has 0 saturated carbocycles. The van der Waals surface area contributed by atoms with Crippen LogP contribution < -0.4 is 11.1 Å². The average molecular weight is 257 g/mol. The Bertz CT molecular complexity index is 341. The molecule has 0 aromatic carbocycles. The summed E-state index contributed by atoms with van der Waals surface area (Å²) in [7, 11) is 0. The van der Waals surface area contributed by atoms with Gasteiger partial charge in [-0.15, -0.1) is 11.3 Å². The van der Waals surface area contributed by atoms with Crippen molar-refractivity contribution < 1.29 is 9.53 Å². The SMILES string of the molecule is CCCCOCCCNC(=O)c1csc(N)n1. The Morgan fingerprint density at radius 2 is 2.29 bits per heavy atom. The molecule has 3 N–H and O–H groups in total. The van der Waals surface area contributed by atoms with Crippen LogP contribution in [0.2, 0.25) is 0 Å². The van der Waals surface area contributed by atoms with E-state index in [1.165, 1.54) is 11.3 Å². The van der Waals surface area contributed by atoms with Crippen molar-refractivity contribution in [2.24, 2.45) is 0 Å². The summed E-state index contributed by atoms with van der Waals surface area (Å²) >= 11 is 1.27. The molecule has 17 heavy (non-hydrogen) atoms. The Labute approximate surface area is 105 Å². The molecule has 0 aliphatic carbocycles. The molecule has 0 unspecified atom stereocenters. The van der Waals surface area contributed by atoms with E-state index >= 15 is 0 Å². The van der Waals surface area contributed by atoms with E-state index in [0.29, 0.717) is 24.0 Å². The van der Waals surface area contributed by atoms with E-state index in [1.54, 1.807) is 5.38 Å². The minimum absolute atomic E-state index is 0.175. The van der Waals surface area contributed by atoms with Crippen molar-refractivity contribution in [2.75, 3.05) is 25.5 Å². The highest BCUT2D eigenvalue weighted by atomic mass is 32.1. The topological polar surface area (TPSA) is 77.2 Å². The van der Waals surface area contributed by atoms with Crippen molar-refractivity contribution in [1.29, 1.82) is 0 Å². The third-order valence-corrected chi connectivity index (χ3v) is 2.82. The van der Waals surface area contributed by atoms with Crippen molar-refractivity contribution in [2.45, 2.75) is 26.2 Å². The molecule has 0 aliphatic heterocycles. The first-order chi connectivity index (χ1) is 8.24. The molecule has 1 amide bonds. The van der Waals surface area contributed by atoms with Gasteiger partial charge in [0.25, 0.3) is 5.91 Å². The number of hydrogen-bond acceptors (Lipinski definition) is 5. The molecule has 96 valence electrons. The van der Waals surface area contributed by atoms with E-state index in [-0.39, 0.29) is 5.91 Å². The number of nitrogens with two attached hydrogens (primary N) is 1. The minimum Gasteiger partial charge on any atom is -0.381 e. The third-order valence-electron chi connectivity index (χ3n) is 2.15. The number of nitrogens with one attached hydrogen (secondary N) is 1. The van der Waals surface area contributed by atoms with Crippen LogP contribution in [0.5, 0.6) is 0 Å². The fourth-order valence-electron chi connectivity index (χ4n) is 1.21. The summed E-state index contributed by atoms with van der Waals surface area (Å²) in [5.74, 6) is -0.175. The van der Waals surface area contributed by atoms with Crippen LogP contribution in [0, 0.1) is 0 Å². The van der Waals surface area contributed by atoms with Crippen LogP contribution >= 0.6 is 11.3 Å². The number of carbonyl (C=O) groups is 1. The standard InChI is InChI=1S/C11H19N3O2S/c1-2-3-6-16-7-4-5-13-10(15)9-8-17-11(12)14-9/h8H,2-7H2,1H3,(H2,12,14)(H,13,15). The monoisotopic (exact) mass is 257 g/mol. The number of unbranched alkanes of at least 4 members (excludes halogenated alkanes) is 1. The van der Waals surface area contributed by atoms with E-state index in [2.05, 4.69) is 17.2 Å². The quantitative estimate of drug-likeness (QED) is 0.694. The molecular formula is C11H19N3O2S. The highest BCUT2D eigenvalue weighted by molar-refractivity contribution is 7.13. The van der Waals surface area contributed by atoms with Gasteiger partial charge >= 0.3 is 0 Å². The average Bonchev–Trinajstić information content (AvgIpc) is 2.74. The van der Waals surface area contributed by atoms with Crippen molar-refractivity contribution in [3.05, 3.63) is 11.1 Å². The van der Waals surface area contributed by atoms with Gasteiger partial charge in [-0.25, -0.2) is 4.98 Å². The lowest BCUT2D eigenvalue weighted by atomic mass is 10.3. The third kappa shape index (κ3) is 5.65. The predicted octanol–water partition coefficient (Wildman–Crippen LogP) is 1.66. The van der Waals surface area contributed by atoms with E-state index < -0.39 is 0 Å². The molecule has 0 bridgehead atoms. The maximum Gasteiger partial charge on any atom is 0.270 e. The molecule has 0 spiro atoms. The molecule has 0 atom stereocenters. The van der Waals surface area contributed by atoms with Crippen molar-refractivity contribution in [3.8, 4) is 0 Å². The number of nitrogens with zero attached hydrogens (tertiary/aromatic N) is 1. The van der Waals surface area contributed by atoms with E-state index in [4.69, 9.17) is 10.5 Å². The summed E-state index contributed by atoms with van der Waals surface area (Å²) in [6, 6.07) is 0. The summed E-state index contributed by atoms with van der Waals surface area (Å²) in [6.45, 7) is 4.21. The molecule has 5 nitrogen and oxygen atoms in total. The van der Waals surface area contributed by atoms with Crippen LogP contribution in [-0.4, -0.2) is 30.6 Å². The number of thiazole rings is 1. The largest absolute Gasteiger partial charge is 0.381 e. The van der Waals surface area contributed by atoms with Gasteiger partial charge in [-0.2, -0.15) is 0 Å². The number of ether oxygens (including phenoxy) is 1. The van der Waals surface area contributed by atoms with Crippen molar-refractivity contribution >= 4 is 22.4 Å². The van der Waals surface area contributed by atoms with Gasteiger partial charge < -0.3 is 15.8 Å². The first-order valence-electron chi connectivity index (χ1n) is 5.81. The zero-order valence-electron chi connectivity index (χ0n) is 10.1. The van der Waals surface area contributed by atoms with Gasteiger partial charge in [0, 0.05) is 25.1 Å². The molecule has 0 fully saturated rings. The number of rotatable bonds is 8. The minimum atomic E-state index is -0.175. The maximum atomic E-state index is 11.5. The Balaban J connectivity index is 2.05. The van der Waals surface area contributed by atoms with Crippen molar-refractivity contribution in [3.63, 3.8) is 0 Å². The van der Waals surface area contributed by atoms with Crippen LogP contribution in [0.15, 0.2) is 5.38 Å². The first kappa shape index (κ1) is 13.9. The van der Waals surface area contributed by atoms with E-state index in [0.717, 1.165) is 25.9 Å². The van der Waals surface area contributed by atoms with Gasteiger partial charge in [0.15, 0.2) is 5.13 Å². The molecular weight excluding hydrogens is 238 g/mol. The Morgan fingerprint density at radius 1 is 1.53 bits per heavy atom. The number of amides is 1. The highest BCUT2D eigenvalue weighted by Gasteiger charge is 2.08. The van der Waals surface area contributed by atoms with Crippen molar-refractivity contribution in [1.82, 2.24) is 10.3 Å². The normalized spacial score (nSPS) is 10.4. The smallest absolute Gasteiger partial charge is 0.270 e. The second-order valence-electron chi connectivity index (χ2n) is 3.65. The molecule has 6 heteroatoms. The fraction of sp³-hybridized carbons (Fsp3) is 0.636. The van der Waals surface area contributed by atoms with Gasteiger partial charge in [-0.3, -0.25) is 4.79 Å². The van der Waals surface area contributed by atoms with Gasteiger partial charge in [0.1, 0.15) is 5.69 Å². The first-order valence-corrected chi connectivity index (χ1v) is 6.69. The lowest BCUT2D eigenvalue weighted by Crippen LogP contribution is -2.25. The van der Waals surface area contributed by atoms with Gasteiger partial charge in [-0.1, -0.05) is 13.3 Å². The Hall–Kier alpha value is -1.14. The lowest BCUT2D eigenvalue weighted by Gasteiger charge is -2.04. The number of aromatic nitrogens is 1. The molecule has 1 aromatic rings. The van der Waals surface area contributed by atoms with Crippen LogP contribution in [-0.2, 0) is 4.74 Å². The number of hydrogen-bond donors (Lipinski definition) is 2. The Kier molecular flexibility index (Phi) is 6.57. The summed E-state index contributed by atoms with van der Waals surface area (Å²) in [5.41, 5.74) is 5.83. The van der Waals surface area contributed by atoms with E-state index in [1.807, 2.05) is 0 Å². The highest BCUT2D eigenvalue weighted by Crippen LogP contribution is 2.10. The summed E-state index contributed by atoms with van der Waals surface area (Å²) in [4.78, 5) is 15.4. The maximum absolute atomic E-state index is 11.5. The molecule has 0 aliphatic rings. The fourth-order valence-corrected chi connectivity index (χ4v) is 1.75. The second kappa shape index (κ2) is 8.03. The Morgan fingerprint density at radius 3 is 2.94 bits per heavy atom. The number of nitrogen functional groups attached to an aromatic ring is 1. The number of anilines is 1. The van der Waals surface area contributed by atoms with E-state index in [9.17, 15) is 4.79 Å². The van der Waals surface area contributed by atoms with Gasteiger partial charge in [0.2, 0.25) is 0 Å². The number of carbonyl (C=O) groups excluding carboxylic acids is 1. The summed E-state index contributed by atoms with van der Waals surface area (Å²) in [6.07, 6.45) is 3.04. The van der Waals surface area contributed by atoms with Crippen LogP contribution in [0.1, 0.15) is 36.7 Å². The van der Waals surface area contributed by atoms with Crippen LogP contribution in [0.3, 0.4) is 0 Å². The van der Waals surface area contributed by atoms with Gasteiger partial charge in [-0.05, 0) is 12.8 Å². The second-order valence-corrected chi connectivity index (χ2v) is 4.54.